The van der Waals surface area contributed by atoms with Crippen molar-refractivity contribution in [1.29, 1.82) is 5.26 Å². The van der Waals surface area contributed by atoms with Crippen molar-refractivity contribution in [2.75, 3.05) is 7.05 Å². The molecule has 25 heavy (non-hydrogen) atoms. The van der Waals surface area contributed by atoms with Gasteiger partial charge in [0.2, 0.25) is 0 Å². The van der Waals surface area contributed by atoms with Crippen LogP contribution in [0.1, 0.15) is 5.56 Å². The van der Waals surface area contributed by atoms with Gasteiger partial charge in [-0.3, -0.25) is 4.79 Å². The van der Waals surface area contributed by atoms with Crippen molar-refractivity contribution >= 4 is 12.0 Å². The molecule has 1 heterocycles. The van der Waals surface area contributed by atoms with Crippen molar-refractivity contribution in [1.82, 2.24) is 15.1 Å². The monoisotopic (exact) mass is 328 g/mol. The molecule has 0 radical (unpaired) electrons. The first-order valence-electron chi connectivity index (χ1n) is 7.77. The average Bonchev–Trinajstić information content (AvgIpc) is 3.11. The quantitative estimate of drug-likeness (QED) is 0.590. The van der Waals surface area contributed by atoms with E-state index >= 15 is 0 Å². The van der Waals surface area contributed by atoms with Crippen LogP contribution >= 0.6 is 0 Å². The fourth-order valence-corrected chi connectivity index (χ4v) is 2.47. The molecule has 3 aromatic rings. The van der Waals surface area contributed by atoms with Gasteiger partial charge in [0.25, 0.3) is 5.91 Å². The highest BCUT2D eigenvalue weighted by Gasteiger charge is 2.14. The molecule has 0 aliphatic heterocycles. The Morgan fingerprint density at radius 3 is 2.36 bits per heavy atom. The van der Waals surface area contributed by atoms with Crippen LogP contribution in [0.2, 0.25) is 0 Å². The molecule has 0 spiro atoms. The second-order valence-electron chi connectivity index (χ2n) is 5.33. The molecule has 0 aliphatic carbocycles. The van der Waals surface area contributed by atoms with E-state index in [-0.39, 0.29) is 5.57 Å². The lowest BCUT2D eigenvalue weighted by atomic mass is 10.1. The number of carbonyl (C=O) groups is 1. The van der Waals surface area contributed by atoms with E-state index in [2.05, 4.69) is 10.4 Å². The molecule has 0 aliphatic rings. The van der Waals surface area contributed by atoms with Gasteiger partial charge in [-0.25, -0.2) is 4.68 Å². The summed E-state index contributed by atoms with van der Waals surface area (Å²) in [5.41, 5.74) is 3.26. The topological polar surface area (TPSA) is 70.7 Å². The first-order chi connectivity index (χ1) is 12.2. The lowest BCUT2D eigenvalue weighted by molar-refractivity contribution is -0.116. The van der Waals surface area contributed by atoms with Crippen molar-refractivity contribution in [2.45, 2.75) is 0 Å². The number of likely N-dealkylation sites (N-methyl/N-ethyl adjacent to an activating group) is 1. The summed E-state index contributed by atoms with van der Waals surface area (Å²) in [4.78, 5) is 11.8. The number of rotatable bonds is 4. The SMILES string of the molecule is CNC(=O)C(C#N)=Cc1cn(-c2ccccc2)nc1-c1ccccc1. The number of hydrogen-bond acceptors (Lipinski definition) is 3. The number of carbonyl (C=O) groups excluding carboxylic acids is 1. The standard InChI is InChI=1S/C20H16N4O/c1-22-20(25)16(13-21)12-17-14-24(18-10-6-3-7-11-18)23-19(17)15-8-4-2-5-9-15/h2-12,14H,1H3,(H,22,25). The minimum absolute atomic E-state index is 0.0345. The highest BCUT2D eigenvalue weighted by atomic mass is 16.1. The zero-order chi connectivity index (χ0) is 17.6. The van der Waals surface area contributed by atoms with Crippen molar-refractivity contribution < 1.29 is 4.79 Å². The lowest BCUT2D eigenvalue weighted by Gasteiger charge is -2.00. The van der Waals surface area contributed by atoms with Gasteiger partial charge < -0.3 is 5.32 Å². The Hall–Kier alpha value is -3.65. The van der Waals surface area contributed by atoms with Crippen molar-refractivity contribution in [3.63, 3.8) is 0 Å². The van der Waals surface area contributed by atoms with Crippen LogP contribution in [0.15, 0.2) is 72.4 Å². The maximum atomic E-state index is 11.8. The van der Waals surface area contributed by atoms with Crippen LogP contribution in [0.3, 0.4) is 0 Å². The van der Waals surface area contributed by atoms with Crippen LogP contribution in [0.5, 0.6) is 0 Å². The van der Waals surface area contributed by atoms with E-state index in [1.54, 1.807) is 10.8 Å². The highest BCUT2D eigenvalue weighted by molar-refractivity contribution is 6.02. The van der Waals surface area contributed by atoms with Gasteiger partial charge in [-0.05, 0) is 18.2 Å². The summed E-state index contributed by atoms with van der Waals surface area (Å²) < 4.78 is 1.74. The summed E-state index contributed by atoms with van der Waals surface area (Å²) in [6.45, 7) is 0. The van der Waals surface area contributed by atoms with Crippen LogP contribution < -0.4 is 5.32 Å². The lowest BCUT2D eigenvalue weighted by Crippen LogP contribution is -2.19. The predicted molar refractivity (Wildman–Crippen MR) is 96.7 cm³/mol. The summed E-state index contributed by atoms with van der Waals surface area (Å²) >= 11 is 0. The number of nitrogens with one attached hydrogen (secondary N) is 1. The molecule has 3 rings (SSSR count). The van der Waals surface area contributed by atoms with E-state index in [9.17, 15) is 10.1 Å². The number of nitriles is 1. The maximum absolute atomic E-state index is 11.8. The number of benzene rings is 2. The largest absolute Gasteiger partial charge is 0.354 e. The van der Waals surface area contributed by atoms with Gasteiger partial charge in [-0.15, -0.1) is 0 Å². The maximum Gasteiger partial charge on any atom is 0.261 e. The Balaban J connectivity index is 2.16. The third-order valence-corrected chi connectivity index (χ3v) is 3.70. The molecule has 5 heteroatoms. The third-order valence-electron chi connectivity index (χ3n) is 3.70. The second-order valence-corrected chi connectivity index (χ2v) is 5.33. The summed E-state index contributed by atoms with van der Waals surface area (Å²) in [5, 5.41) is 16.4. The van der Waals surface area contributed by atoms with E-state index in [1.807, 2.05) is 72.9 Å². The van der Waals surface area contributed by atoms with Gasteiger partial charge in [-0.1, -0.05) is 48.5 Å². The zero-order valence-electron chi connectivity index (χ0n) is 13.7. The summed E-state index contributed by atoms with van der Waals surface area (Å²) in [6, 6.07) is 21.3. The molecule has 122 valence electrons. The number of amides is 1. The minimum Gasteiger partial charge on any atom is -0.354 e. The smallest absolute Gasteiger partial charge is 0.261 e. The average molecular weight is 328 g/mol. The number of aromatic nitrogens is 2. The van der Waals surface area contributed by atoms with Gasteiger partial charge >= 0.3 is 0 Å². The molecule has 5 nitrogen and oxygen atoms in total. The second kappa shape index (κ2) is 7.28. The number of nitrogens with zero attached hydrogens (tertiary/aromatic N) is 3. The molecule has 0 saturated heterocycles. The Morgan fingerprint density at radius 2 is 1.76 bits per heavy atom. The normalized spacial score (nSPS) is 11.0. The van der Waals surface area contributed by atoms with E-state index < -0.39 is 5.91 Å². The molecule has 0 atom stereocenters. The molecule has 0 bridgehead atoms. The molecular weight excluding hydrogens is 312 g/mol. The molecule has 0 unspecified atom stereocenters. The Bertz CT molecular complexity index is 950. The van der Waals surface area contributed by atoms with Crippen LogP contribution in [0, 0.1) is 11.3 Å². The number of hydrogen-bond donors (Lipinski definition) is 1. The Kier molecular flexibility index (Phi) is 4.72. The molecule has 1 amide bonds. The van der Waals surface area contributed by atoms with Gasteiger partial charge in [-0.2, -0.15) is 10.4 Å². The third kappa shape index (κ3) is 3.48. The summed E-state index contributed by atoms with van der Waals surface area (Å²) in [7, 11) is 1.50. The molecule has 2 aromatic carbocycles. The van der Waals surface area contributed by atoms with Gasteiger partial charge in [0, 0.05) is 24.4 Å². The number of para-hydroxylation sites is 1. The summed E-state index contributed by atoms with van der Waals surface area (Å²) in [6.07, 6.45) is 3.38. The Morgan fingerprint density at radius 1 is 1.12 bits per heavy atom. The zero-order valence-corrected chi connectivity index (χ0v) is 13.7. The summed E-state index contributed by atoms with van der Waals surface area (Å²) in [5.74, 6) is -0.422. The van der Waals surface area contributed by atoms with Gasteiger partial charge in [0.15, 0.2) is 0 Å². The van der Waals surface area contributed by atoms with Crippen molar-refractivity contribution in [3.05, 3.63) is 78.0 Å². The van der Waals surface area contributed by atoms with Crippen molar-refractivity contribution in [2.24, 2.45) is 0 Å². The Labute approximate surface area is 145 Å². The predicted octanol–water partition coefficient (Wildman–Crippen LogP) is 3.19. The van der Waals surface area contributed by atoms with Gasteiger partial charge in [0.05, 0.1) is 11.4 Å². The van der Waals surface area contributed by atoms with E-state index in [4.69, 9.17) is 0 Å². The molecule has 0 saturated carbocycles. The fraction of sp³-hybridized carbons (Fsp3) is 0.0500. The molecule has 1 aromatic heterocycles. The van der Waals surface area contributed by atoms with Crippen LogP contribution in [-0.2, 0) is 4.79 Å². The van der Waals surface area contributed by atoms with Crippen LogP contribution in [0.4, 0.5) is 0 Å². The fourth-order valence-electron chi connectivity index (χ4n) is 2.47. The molecular formula is C20H16N4O. The molecule has 1 N–H and O–H groups in total. The first kappa shape index (κ1) is 16.2. The van der Waals surface area contributed by atoms with E-state index in [1.165, 1.54) is 7.05 Å². The first-order valence-corrected chi connectivity index (χ1v) is 7.77. The van der Waals surface area contributed by atoms with Crippen LogP contribution in [-0.4, -0.2) is 22.7 Å². The van der Waals surface area contributed by atoms with Crippen molar-refractivity contribution in [3.8, 4) is 23.0 Å². The molecule has 0 fully saturated rings. The highest BCUT2D eigenvalue weighted by Crippen LogP contribution is 2.25. The minimum atomic E-state index is -0.422. The van der Waals surface area contributed by atoms with Gasteiger partial charge in [0.1, 0.15) is 11.6 Å². The van der Waals surface area contributed by atoms with Crippen LogP contribution in [0.25, 0.3) is 23.0 Å². The van der Waals surface area contributed by atoms with E-state index in [0.717, 1.165) is 11.3 Å². The van der Waals surface area contributed by atoms with E-state index in [0.29, 0.717) is 11.3 Å².